The Morgan fingerprint density at radius 3 is 2.90 bits per heavy atom. The normalized spacial score (nSPS) is 20.6. The molecule has 1 unspecified atom stereocenters. The summed E-state index contributed by atoms with van der Waals surface area (Å²) in [5, 5.41) is 0.228. The molecule has 5 nitrogen and oxygen atoms in total. The van der Waals surface area contributed by atoms with Gasteiger partial charge in [0.05, 0.1) is 11.1 Å². The minimum absolute atomic E-state index is 0.0463. The van der Waals surface area contributed by atoms with Crippen LogP contribution in [0.15, 0.2) is 23.1 Å². The molecular weight excluding hydrogens is 312 g/mol. The number of hydrogen-bond acceptors (Lipinski definition) is 4. The molecular formula is C14H21ClN2O3S. The van der Waals surface area contributed by atoms with Gasteiger partial charge in [0.2, 0.25) is 10.0 Å². The van der Waals surface area contributed by atoms with Crippen molar-refractivity contribution >= 4 is 21.6 Å². The highest BCUT2D eigenvalue weighted by Gasteiger charge is 2.32. The van der Waals surface area contributed by atoms with Gasteiger partial charge in [-0.1, -0.05) is 17.7 Å². The van der Waals surface area contributed by atoms with Crippen molar-refractivity contribution in [3.8, 4) is 0 Å². The van der Waals surface area contributed by atoms with Gasteiger partial charge in [-0.2, -0.15) is 4.31 Å². The van der Waals surface area contributed by atoms with Gasteiger partial charge in [0.1, 0.15) is 4.90 Å². The number of rotatable bonds is 5. The fraction of sp³-hybridized carbons (Fsp3) is 0.571. The van der Waals surface area contributed by atoms with Crippen molar-refractivity contribution in [2.24, 2.45) is 5.73 Å². The van der Waals surface area contributed by atoms with Crippen molar-refractivity contribution in [1.29, 1.82) is 0 Å². The van der Waals surface area contributed by atoms with E-state index in [1.54, 1.807) is 18.2 Å². The van der Waals surface area contributed by atoms with Crippen LogP contribution in [-0.4, -0.2) is 38.5 Å². The van der Waals surface area contributed by atoms with Crippen molar-refractivity contribution in [1.82, 2.24) is 4.31 Å². The molecule has 1 heterocycles. The molecule has 0 radical (unpaired) electrons. The predicted molar refractivity (Wildman–Crippen MR) is 82.8 cm³/mol. The smallest absolute Gasteiger partial charge is 0.244 e. The predicted octanol–water partition coefficient (Wildman–Crippen LogP) is 1.99. The second kappa shape index (κ2) is 7.07. The molecule has 21 heavy (non-hydrogen) atoms. The number of ether oxygens (including phenoxy) is 1. The van der Waals surface area contributed by atoms with Crippen molar-refractivity contribution in [2.45, 2.75) is 37.3 Å². The van der Waals surface area contributed by atoms with Gasteiger partial charge in [0.25, 0.3) is 0 Å². The fourth-order valence-electron chi connectivity index (χ4n) is 2.51. The molecule has 0 spiro atoms. The Kier molecular flexibility index (Phi) is 5.62. The zero-order valence-corrected chi connectivity index (χ0v) is 13.7. The fourth-order valence-corrected chi connectivity index (χ4v) is 4.54. The summed E-state index contributed by atoms with van der Waals surface area (Å²) in [6, 6.07) is 4.88. The molecule has 2 rings (SSSR count). The second-order valence-corrected chi connectivity index (χ2v) is 7.37. The molecule has 0 amide bonds. The van der Waals surface area contributed by atoms with Crippen molar-refractivity contribution in [3.63, 3.8) is 0 Å². The number of hydrogen-bond donors (Lipinski definition) is 1. The molecule has 1 aliphatic heterocycles. The van der Waals surface area contributed by atoms with Crippen LogP contribution in [0.1, 0.15) is 25.3 Å². The summed E-state index contributed by atoms with van der Waals surface area (Å²) in [4.78, 5) is 0.129. The quantitative estimate of drug-likeness (QED) is 0.895. The monoisotopic (exact) mass is 332 g/mol. The first-order valence-electron chi connectivity index (χ1n) is 7.09. The summed E-state index contributed by atoms with van der Waals surface area (Å²) < 4.78 is 32.6. The van der Waals surface area contributed by atoms with Gasteiger partial charge in [-0.25, -0.2) is 8.42 Å². The second-order valence-electron chi connectivity index (χ2n) is 5.05. The van der Waals surface area contributed by atoms with Gasteiger partial charge < -0.3 is 10.5 Å². The first-order chi connectivity index (χ1) is 9.98. The van der Waals surface area contributed by atoms with Crippen molar-refractivity contribution in [2.75, 3.05) is 19.7 Å². The Labute approximate surface area is 131 Å². The van der Waals surface area contributed by atoms with E-state index in [1.165, 1.54) is 4.31 Å². The van der Waals surface area contributed by atoms with E-state index in [0.29, 0.717) is 19.7 Å². The topological polar surface area (TPSA) is 72.6 Å². The summed E-state index contributed by atoms with van der Waals surface area (Å²) in [6.07, 6.45) is 1.63. The molecule has 118 valence electrons. The molecule has 1 aliphatic rings. The van der Waals surface area contributed by atoms with Crippen LogP contribution in [0.2, 0.25) is 5.02 Å². The minimum Gasteiger partial charge on any atom is -0.377 e. The molecule has 0 aromatic heterocycles. The van der Waals surface area contributed by atoms with E-state index in [4.69, 9.17) is 22.1 Å². The van der Waals surface area contributed by atoms with Crippen LogP contribution in [-0.2, 0) is 21.3 Å². The summed E-state index contributed by atoms with van der Waals surface area (Å²) in [7, 11) is -3.61. The van der Waals surface area contributed by atoms with Gasteiger partial charge in [0, 0.05) is 26.2 Å². The highest BCUT2D eigenvalue weighted by molar-refractivity contribution is 7.89. The van der Waals surface area contributed by atoms with Crippen LogP contribution in [0, 0.1) is 0 Å². The molecule has 0 aliphatic carbocycles. The number of nitrogens with zero attached hydrogens (tertiary/aromatic N) is 1. The van der Waals surface area contributed by atoms with Crippen LogP contribution in [0.5, 0.6) is 0 Å². The van der Waals surface area contributed by atoms with E-state index in [-0.39, 0.29) is 22.6 Å². The molecule has 1 fully saturated rings. The summed E-state index contributed by atoms with van der Waals surface area (Å²) in [5.41, 5.74) is 6.33. The molecule has 1 aromatic rings. The Balaban J connectivity index is 2.29. The molecule has 0 saturated carbocycles. The largest absolute Gasteiger partial charge is 0.377 e. The average Bonchev–Trinajstić information content (AvgIpc) is 2.48. The molecule has 0 bridgehead atoms. The van der Waals surface area contributed by atoms with Crippen LogP contribution in [0.4, 0.5) is 0 Å². The molecule has 1 atom stereocenters. The van der Waals surface area contributed by atoms with E-state index >= 15 is 0 Å². The van der Waals surface area contributed by atoms with Gasteiger partial charge in [-0.3, -0.25) is 0 Å². The molecule has 1 aromatic carbocycles. The standard InChI is InChI=1S/C14H21ClN2O3S/c1-2-20-12-4-3-7-17(10-12)21(18,19)14-8-11(9-16)5-6-13(14)15/h5-6,8,12H,2-4,7,9-10,16H2,1H3. The van der Waals surface area contributed by atoms with E-state index in [0.717, 1.165) is 18.4 Å². The number of sulfonamides is 1. The van der Waals surface area contributed by atoms with Gasteiger partial charge in [-0.05, 0) is 37.5 Å². The van der Waals surface area contributed by atoms with E-state index in [2.05, 4.69) is 0 Å². The Morgan fingerprint density at radius 2 is 2.24 bits per heavy atom. The third-order valence-corrected chi connectivity index (χ3v) is 5.94. The van der Waals surface area contributed by atoms with Gasteiger partial charge in [-0.15, -0.1) is 0 Å². The summed E-state index contributed by atoms with van der Waals surface area (Å²) in [6.45, 7) is 3.65. The summed E-state index contributed by atoms with van der Waals surface area (Å²) >= 11 is 6.08. The zero-order chi connectivity index (χ0) is 15.5. The third-order valence-electron chi connectivity index (χ3n) is 3.59. The first-order valence-corrected chi connectivity index (χ1v) is 8.91. The molecule has 7 heteroatoms. The number of halogens is 1. The number of piperidine rings is 1. The Hall–Kier alpha value is -0.660. The van der Waals surface area contributed by atoms with Crippen LogP contribution in [0.3, 0.4) is 0 Å². The lowest BCUT2D eigenvalue weighted by Crippen LogP contribution is -2.43. The molecule has 2 N–H and O–H groups in total. The average molecular weight is 333 g/mol. The lowest BCUT2D eigenvalue weighted by molar-refractivity contribution is 0.0265. The van der Waals surface area contributed by atoms with E-state index in [1.807, 2.05) is 6.92 Å². The third kappa shape index (κ3) is 3.76. The lowest BCUT2D eigenvalue weighted by Gasteiger charge is -2.31. The number of nitrogens with two attached hydrogens (primary N) is 1. The van der Waals surface area contributed by atoms with Crippen molar-refractivity contribution in [3.05, 3.63) is 28.8 Å². The van der Waals surface area contributed by atoms with Crippen LogP contribution >= 0.6 is 11.6 Å². The maximum Gasteiger partial charge on any atom is 0.244 e. The summed E-state index contributed by atoms with van der Waals surface area (Å²) in [5.74, 6) is 0. The maximum atomic E-state index is 12.8. The van der Waals surface area contributed by atoms with Crippen LogP contribution in [0.25, 0.3) is 0 Å². The van der Waals surface area contributed by atoms with E-state index < -0.39 is 10.0 Å². The highest BCUT2D eigenvalue weighted by Crippen LogP contribution is 2.28. The highest BCUT2D eigenvalue weighted by atomic mass is 35.5. The SMILES string of the molecule is CCOC1CCCN(S(=O)(=O)c2cc(CN)ccc2Cl)C1. The van der Waals surface area contributed by atoms with Gasteiger partial charge in [0.15, 0.2) is 0 Å². The molecule has 1 saturated heterocycles. The lowest BCUT2D eigenvalue weighted by atomic mass is 10.1. The van der Waals surface area contributed by atoms with Crippen molar-refractivity contribution < 1.29 is 13.2 Å². The Morgan fingerprint density at radius 1 is 1.48 bits per heavy atom. The first kappa shape index (κ1) is 16.7. The number of benzene rings is 1. The van der Waals surface area contributed by atoms with Crippen LogP contribution < -0.4 is 5.73 Å². The minimum atomic E-state index is -3.61. The van der Waals surface area contributed by atoms with E-state index in [9.17, 15) is 8.42 Å². The maximum absolute atomic E-state index is 12.8. The van der Waals surface area contributed by atoms with Gasteiger partial charge >= 0.3 is 0 Å². The Bertz CT molecular complexity index is 590. The zero-order valence-electron chi connectivity index (χ0n) is 12.1.